The highest BCUT2D eigenvalue weighted by molar-refractivity contribution is 6.01. The van der Waals surface area contributed by atoms with Crippen LogP contribution in [0.15, 0.2) is 53.7 Å². The summed E-state index contributed by atoms with van der Waals surface area (Å²) < 4.78 is 23.6. The van der Waals surface area contributed by atoms with E-state index in [1.165, 1.54) is 32.0 Å². The first-order valence-electron chi connectivity index (χ1n) is 9.13. The number of hydrogen-bond donors (Lipinski definition) is 2. The molecule has 0 spiro atoms. The van der Waals surface area contributed by atoms with Gasteiger partial charge in [-0.2, -0.15) is 0 Å². The molecule has 1 aliphatic rings. The van der Waals surface area contributed by atoms with E-state index in [4.69, 9.17) is 14.3 Å². The smallest absolute Gasteiger partial charge is 0.341 e. The number of nitrogens with zero attached hydrogens (tertiary/aromatic N) is 1. The van der Waals surface area contributed by atoms with Gasteiger partial charge in [0.1, 0.15) is 5.82 Å². The van der Waals surface area contributed by atoms with Gasteiger partial charge in [0, 0.05) is 5.56 Å². The number of carbonyl (C=O) groups is 2. The van der Waals surface area contributed by atoms with E-state index in [1.54, 1.807) is 30.3 Å². The molecule has 3 rings (SSSR count). The van der Waals surface area contributed by atoms with Gasteiger partial charge in [-0.15, -0.1) is 0 Å². The molecule has 158 valence electrons. The van der Waals surface area contributed by atoms with Crippen molar-refractivity contribution in [2.24, 2.45) is 5.16 Å². The molecule has 1 atom stereocenters. The van der Waals surface area contributed by atoms with Crippen LogP contribution in [-0.4, -0.2) is 35.3 Å². The lowest BCUT2D eigenvalue weighted by molar-refractivity contribution is -0.156. The number of esters is 2. The third-order valence-electron chi connectivity index (χ3n) is 4.06. The predicted molar refractivity (Wildman–Crippen MR) is 104 cm³/mol. The molecule has 30 heavy (non-hydrogen) atoms. The summed E-state index contributed by atoms with van der Waals surface area (Å²) in [5, 5.41) is 16.4. The zero-order valence-corrected chi connectivity index (χ0v) is 16.4. The van der Waals surface area contributed by atoms with Gasteiger partial charge in [0.05, 0.1) is 23.1 Å². The predicted octanol–water partition coefficient (Wildman–Crippen LogP) is 2.62. The third-order valence-corrected chi connectivity index (χ3v) is 4.06. The molecule has 1 aliphatic heterocycles. The normalized spacial score (nSPS) is 15.6. The molecule has 0 amide bonds. The van der Waals surface area contributed by atoms with Gasteiger partial charge in [-0.25, -0.2) is 9.18 Å². The Morgan fingerprint density at radius 2 is 1.97 bits per heavy atom. The maximum atomic E-state index is 13.9. The zero-order chi connectivity index (χ0) is 21.7. The van der Waals surface area contributed by atoms with Crippen LogP contribution < -0.4 is 5.32 Å². The minimum atomic E-state index is -1.22. The van der Waals surface area contributed by atoms with E-state index in [0.717, 1.165) is 0 Å². The average molecular weight is 416 g/mol. The summed E-state index contributed by atoms with van der Waals surface area (Å²) in [7, 11) is 0. The van der Waals surface area contributed by atoms with Crippen molar-refractivity contribution in [2.75, 3.05) is 6.79 Å². The van der Waals surface area contributed by atoms with Crippen molar-refractivity contribution in [1.29, 1.82) is 0 Å². The van der Waals surface area contributed by atoms with Crippen molar-refractivity contribution in [2.45, 2.75) is 32.1 Å². The molecule has 0 saturated carbocycles. The second-order valence-corrected chi connectivity index (χ2v) is 7.23. The molecule has 2 N–H and O–H groups in total. The molecule has 0 aromatic heterocycles. The van der Waals surface area contributed by atoms with Crippen LogP contribution in [0.2, 0.25) is 0 Å². The maximum Gasteiger partial charge on any atom is 0.341 e. The van der Waals surface area contributed by atoms with Gasteiger partial charge in [0.2, 0.25) is 13.0 Å². The van der Waals surface area contributed by atoms with E-state index in [2.05, 4.69) is 10.5 Å². The maximum absolute atomic E-state index is 13.9. The number of aliphatic hydroxyl groups is 1. The Morgan fingerprint density at radius 3 is 2.70 bits per heavy atom. The fourth-order valence-electron chi connectivity index (χ4n) is 2.67. The van der Waals surface area contributed by atoms with Crippen LogP contribution in [0.4, 0.5) is 4.39 Å². The summed E-state index contributed by atoms with van der Waals surface area (Å²) in [4.78, 5) is 29.0. The lowest BCUT2D eigenvalue weighted by atomic mass is 10.1. The van der Waals surface area contributed by atoms with Crippen LogP contribution in [0.5, 0.6) is 0 Å². The van der Waals surface area contributed by atoms with Crippen LogP contribution in [0.25, 0.3) is 0 Å². The number of oxime groups is 1. The standard InChI is InChI=1S/C21H21FN2O6/c1-21(2,27)11-17(25)28-12-29-20(26)14-7-5-6-13(10-14)18-23-19(30-24-18)15-8-3-4-9-16(15)22/h3-10,19,27H,11-12H2,1-2H3,(H,23,24). The van der Waals surface area contributed by atoms with Crippen LogP contribution in [0, 0.1) is 5.82 Å². The number of hydrogen-bond acceptors (Lipinski definition) is 8. The number of benzene rings is 2. The van der Waals surface area contributed by atoms with Crippen molar-refractivity contribution >= 4 is 17.8 Å². The molecule has 0 radical (unpaired) electrons. The Labute approximate surface area is 172 Å². The summed E-state index contributed by atoms with van der Waals surface area (Å²) in [6.45, 7) is 2.35. The monoisotopic (exact) mass is 416 g/mol. The molecule has 1 heterocycles. The van der Waals surface area contributed by atoms with Gasteiger partial charge in [-0.1, -0.05) is 35.5 Å². The highest BCUT2D eigenvalue weighted by Gasteiger charge is 2.25. The van der Waals surface area contributed by atoms with Gasteiger partial charge in [0.25, 0.3) is 0 Å². The minimum Gasteiger partial charge on any atom is -0.428 e. The van der Waals surface area contributed by atoms with E-state index in [-0.39, 0.29) is 12.0 Å². The largest absolute Gasteiger partial charge is 0.428 e. The molecule has 9 heteroatoms. The SMILES string of the molecule is CC(C)(O)CC(=O)OCOC(=O)c1cccc(C2=NOC(c3ccccc3F)N2)c1. The fourth-order valence-corrected chi connectivity index (χ4v) is 2.67. The number of nitrogens with one attached hydrogen (secondary N) is 1. The highest BCUT2D eigenvalue weighted by Crippen LogP contribution is 2.23. The molecule has 0 bridgehead atoms. The first-order chi connectivity index (χ1) is 14.2. The molecule has 1 unspecified atom stereocenters. The van der Waals surface area contributed by atoms with Crippen LogP contribution in [0.3, 0.4) is 0 Å². The van der Waals surface area contributed by atoms with Crippen molar-refractivity contribution in [3.63, 3.8) is 0 Å². The first kappa shape index (κ1) is 21.3. The van der Waals surface area contributed by atoms with Crippen LogP contribution >= 0.6 is 0 Å². The minimum absolute atomic E-state index is 0.199. The molecule has 0 fully saturated rings. The third kappa shape index (κ3) is 5.54. The van der Waals surface area contributed by atoms with Gasteiger partial charge < -0.3 is 24.7 Å². The summed E-state index contributed by atoms with van der Waals surface area (Å²) in [6.07, 6.45) is -1.01. The van der Waals surface area contributed by atoms with Crippen molar-refractivity contribution in [3.8, 4) is 0 Å². The summed E-state index contributed by atoms with van der Waals surface area (Å²) in [6, 6.07) is 12.5. The Balaban J connectivity index is 1.58. The summed E-state index contributed by atoms with van der Waals surface area (Å²) in [5.41, 5.74) is -0.181. The van der Waals surface area contributed by atoms with Gasteiger partial charge in [-0.3, -0.25) is 4.79 Å². The Hall–Kier alpha value is -3.46. The van der Waals surface area contributed by atoms with E-state index in [1.807, 2.05) is 0 Å². The average Bonchev–Trinajstić information content (AvgIpc) is 3.17. The van der Waals surface area contributed by atoms with Crippen LogP contribution in [-0.2, 0) is 19.1 Å². The molecule has 2 aromatic carbocycles. The topological polar surface area (TPSA) is 106 Å². The van der Waals surface area contributed by atoms with E-state index in [9.17, 15) is 19.1 Å². The van der Waals surface area contributed by atoms with Crippen molar-refractivity contribution in [3.05, 3.63) is 71.0 Å². The van der Waals surface area contributed by atoms with E-state index < -0.39 is 36.4 Å². The van der Waals surface area contributed by atoms with Crippen molar-refractivity contribution in [1.82, 2.24) is 5.32 Å². The Bertz CT molecular complexity index is 970. The molecular weight excluding hydrogens is 395 g/mol. The zero-order valence-electron chi connectivity index (χ0n) is 16.4. The number of halogens is 1. The van der Waals surface area contributed by atoms with E-state index >= 15 is 0 Å². The molecule has 0 saturated heterocycles. The lowest BCUT2D eigenvalue weighted by Crippen LogP contribution is -2.25. The Morgan fingerprint density at radius 1 is 1.20 bits per heavy atom. The molecular formula is C21H21FN2O6. The molecule has 0 aliphatic carbocycles. The summed E-state index contributed by atoms with van der Waals surface area (Å²) in [5.74, 6) is -1.50. The van der Waals surface area contributed by atoms with Crippen LogP contribution in [0.1, 0.15) is 48.0 Å². The van der Waals surface area contributed by atoms with Gasteiger partial charge in [-0.05, 0) is 32.0 Å². The van der Waals surface area contributed by atoms with E-state index in [0.29, 0.717) is 17.0 Å². The highest BCUT2D eigenvalue weighted by atomic mass is 19.1. The Kier molecular flexibility index (Phi) is 6.31. The fraction of sp³-hybridized carbons (Fsp3) is 0.286. The lowest BCUT2D eigenvalue weighted by Gasteiger charge is -2.15. The number of rotatable bonds is 7. The molecule has 8 nitrogen and oxygen atoms in total. The first-order valence-corrected chi connectivity index (χ1v) is 9.13. The van der Waals surface area contributed by atoms with Gasteiger partial charge in [0.15, 0.2) is 5.84 Å². The number of amidine groups is 1. The second-order valence-electron chi connectivity index (χ2n) is 7.23. The number of ether oxygens (including phenoxy) is 2. The second kappa shape index (κ2) is 8.91. The quantitative estimate of drug-likeness (QED) is 0.528. The number of carbonyl (C=O) groups excluding carboxylic acids is 2. The summed E-state index contributed by atoms with van der Waals surface area (Å²) >= 11 is 0. The molecule has 2 aromatic rings. The van der Waals surface area contributed by atoms with Gasteiger partial charge >= 0.3 is 11.9 Å². The van der Waals surface area contributed by atoms with Crippen molar-refractivity contribution < 1.29 is 33.4 Å².